The number of fused-ring (bicyclic) bond motifs is 1. The van der Waals surface area contributed by atoms with Gasteiger partial charge in [-0.1, -0.05) is 0 Å². The summed E-state index contributed by atoms with van der Waals surface area (Å²) >= 11 is 0. The van der Waals surface area contributed by atoms with Gasteiger partial charge in [0.2, 0.25) is 0 Å². The molecule has 1 aromatic carbocycles. The van der Waals surface area contributed by atoms with Crippen molar-refractivity contribution in [2.75, 3.05) is 12.8 Å². The smallest absolute Gasteiger partial charge is 0.160 e. The van der Waals surface area contributed by atoms with E-state index in [9.17, 15) is 0 Å². The predicted octanol–water partition coefficient (Wildman–Crippen LogP) is 2.90. The molecule has 0 bridgehead atoms. The third-order valence-corrected chi connectivity index (χ3v) is 3.23. The first kappa shape index (κ1) is 11.6. The number of nitrogens with two attached hydrogens (primary N) is 1. The molecule has 0 radical (unpaired) electrons. The number of pyridine rings is 1. The summed E-state index contributed by atoms with van der Waals surface area (Å²) in [4.78, 5) is 4.60. The van der Waals surface area contributed by atoms with E-state index in [2.05, 4.69) is 4.98 Å². The molecule has 0 amide bonds. The number of nitrogens with zero attached hydrogens (tertiary/aromatic N) is 2. The number of aryl methyl sites for hydroxylation is 1. The van der Waals surface area contributed by atoms with Gasteiger partial charge in [-0.25, -0.2) is 4.98 Å². The minimum atomic E-state index is 0.686. The number of ether oxygens (including phenoxy) is 1. The summed E-state index contributed by atoms with van der Waals surface area (Å²) in [6, 6.07) is 11.7. The molecule has 0 atom stereocenters. The Balaban J connectivity index is 2.14. The molecule has 19 heavy (non-hydrogen) atoms. The first-order chi connectivity index (χ1) is 9.19. The quantitative estimate of drug-likeness (QED) is 0.764. The molecule has 4 heteroatoms. The van der Waals surface area contributed by atoms with Gasteiger partial charge >= 0.3 is 0 Å². The lowest BCUT2D eigenvalue weighted by atomic mass is 10.2. The minimum absolute atomic E-state index is 0.686. The highest BCUT2D eigenvalue weighted by molar-refractivity contribution is 5.71. The van der Waals surface area contributed by atoms with E-state index >= 15 is 0 Å². The van der Waals surface area contributed by atoms with Crippen molar-refractivity contribution in [1.29, 1.82) is 0 Å². The zero-order valence-electron chi connectivity index (χ0n) is 10.9. The van der Waals surface area contributed by atoms with E-state index in [1.165, 1.54) is 0 Å². The van der Waals surface area contributed by atoms with Crippen molar-refractivity contribution >= 4 is 11.3 Å². The van der Waals surface area contributed by atoms with Crippen molar-refractivity contribution in [3.63, 3.8) is 0 Å². The summed E-state index contributed by atoms with van der Waals surface area (Å²) in [7, 11) is 1.66. The van der Waals surface area contributed by atoms with Crippen LogP contribution in [0.25, 0.3) is 16.9 Å². The van der Waals surface area contributed by atoms with E-state index in [-0.39, 0.29) is 0 Å². The van der Waals surface area contributed by atoms with Gasteiger partial charge in [-0.15, -0.1) is 0 Å². The Kier molecular flexibility index (Phi) is 2.63. The number of hydrogen-bond donors (Lipinski definition) is 1. The van der Waals surface area contributed by atoms with Crippen molar-refractivity contribution in [3.05, 3.63) is 48.3 Å². The Morgan fingerprint density at radius 3 is 2.47 bits per heavy atom. The largest absolute Gasteiger partial charge is 0.497 e. The molecular weight excluding hydrogens is 238 g/mol. The molecule has 2 heterocycles. The molecule has 0 aliphatic rings. The van der Waals surface area contributed by atoms with Gasteiger partial charge in [-0.2, -0.15) is 0 Å². The second kappa shape index (κ2) is 4.31. The van der Waals surface area contributed by atoms with Crippen molar-refractivity contribution < 1.29 is 4.74 Å². The summed E-state index contributed by atoms with van der Waals surface area (Å²) in [5.41, 5.74) is 10.5. The Morgan fingerprint density at radius 2 is 1.84 bits per heavy atom. The molecule has 96 valence electrons. The van der Waals surface area contributed by atoms with E-state index in [1.807, 2.05) is 53.9 Å². The number of hydrogen-bond acceptors (Lipinski definition) is 3. The van der Waals surface area contributed by atoms with Crippen LogP contribution < -0.4 is 10.5 Å². The maximum Gasteiger partial charge on any atom is 0.160 e. The molecule has 0 spiro atoms. The van der Waals surface area contributed by atoms with Gasteiger partial charge < -0.3 is 14.9 Å². The van der Waals surface area contributed by atoms with Crippen LogP contribution in [0.1, 0.15) is 5.69 Å². The van der Waals surface area contributed by atoms with Crippen LogP contribution in [0.15, 0.2) is 42.6 Å². The molecule has 4 nitrogen and oxygen atoms in total. The summed E-state index contributed by atoms with van der Waals surface area (Å²) in [5.74, 6) is 0.836. The average Bonchev–Trinajstić information content (AvgIpc) is 2.89. The molecule has 3 rings (SSSR count). The number of nitrogen functional groups attached to an aromatic ring is 1. The van der Waals surface area contributed by atoms with Gasteiger partial charge in [0, 0.05) is 17.5 Å². The van der Waals surface area contributed by atoms with Gasteiger partial charge in [-0.3, -0.25) is 0 Å². The fourth-order valence-electron chi connectivity index (χ4n) is 2.12. The van der Waals surface area contributed by atoms with Crippen LogP contribution >= 0.6 is 0 Å². The summed E-state index contributed by atoms with van der Waals surface area (Å²) in [6.45, 7) is 2.03. The first-order valence-corrected chi connectivity index (χ1v) is 6.07. The Labute approximate surface area is 111 Å². The number of aromatic nitrogens is 2. The zero-order chi connectivity index (χ0) is 13.4. The third kappa shape index (κ3) is 1.91. The molecule has 0 aliphatic heterocycles. The van der Waals surface area contributed by atoms with Crippen molar-refractivity contribution in [1.82, 2.24) is 9.38 Å². The maximum absolute atomic E-state index is 5.96. The van der Waals surface area contributed by atoms with E-state index in [0.717, 1.165) is 28.3 Å². The molecule has 2 N–H and O–H groups in total. The number of imidazole rings is 1. The van der Waals surface area contributed by atoms with Gasteiger partial charge in [0.05, 0.1) is 18.5 Å². The lowest BCUT2D eigenvalue weighted by Crippen LogP contribution is -1.94. The van der Waals surface area contributed by atoms with Gasteiger partial charge in [0.25, 0.3) is 0 Å². The van der Waals surface area contributed by atoms with Crippen molar-refractivity contribution in [3.8, 4) is 17.0 Å². The third-order valence-electron chi connectivity index (χ3n) is 3.23. The fourth-order valence-corrected chi connectivity index (χ4v) is 2.12. The Morgan fingerprint density at radius 1 is 1.11 bits per heavy atom. The summed E-state index contributed by atoms with van der Waals surface area (Å²) in [5, 5.41) is 0. The SMILES string of the molecule is COc1ccc(-c2cn3c(C)ccc(N)c3n2)cc1. The van der Waals surface area contributed by atoms with Crippen molar-refractivity contribution in [2.45, 2.75) is 6.92 Å². The lowest BCUT2D eigenvalue weighted by molar-refractivity contribution is 0.415. The van der Waals surface area contributed by atoms with E-state index in [0.29, 0.717) is 5.69 Å². The monoisotopic (exact) mass is 253 g/mol. The van der Waals surface area contributed by atoms with E-state index in [4.69, 9.17) is 10.5 Å². The van der Waals surface area contributed by atoms with Crippen molar-refractivity contribution in [2.24, 2.45) is 0 Å². The second-order valence-corrected chi connectivity index (χ2v) is 4.48. The van der Waals surface area contributed by atoms with E-state index in [1.54, 1.807) is 7.11 Å². The van der Waals surface area contributed by atoms with Gasteiger partial charge in [0.15, 0.2) is 5.65 Å². The topological polar surface area (TPSA) is 52.5 Å². The van der Waals surface area contributed by atoms with Crippen LogP contribution in [0.3, 0.4) is 0 Å². The molecule has 0 saturated heterocycles. The highest BCUT2D eigenvalue weighted by Gasteiger charge is 2.08. The first-order valence-electron chi connectivity index (χ1n) is 6.07. The fraction of sp³-hybridized carbons (Fsp3) is 0.133. The number of benzene rings is 1. The van der Waals surface area contributed by atoms with Gasteiger partial charge in [-0.05, 0) is 43.3 Å². The Bertz CT molecular complexity index is 690. The van der Waals surface area contributed by atoms with Gasteiger partial charge in [0.1, 0.15) is 5.75 Å². The van der Waals surface area contributed by atoms with Crippen LogP contribution in [-0.2, 0) is 0 Å². The lowest BCUT2D eigenvalue weighted by Gasteiger charge is -2.00. The average molecular weight is 253 g/mol. The normalized spacial score (nSPS) is 10.8. The molecule has 0 saturated carbocycles. The standard InChI is InChI=1S/C15H15N3O/c1-10-3-8-13(16)15-17-14(9-18(10)15)11-4-6-12(19-2)7-5-11/h3-9H,16H2,1-2H3. The minimum Gasteiger partial charge on any atom is -0.497 e. The second-order valence-electron chi connectivity index (χ2n) is 4.48. The maximum atomic E-state index is 5.96. The van der Waals surface area contributed by atoms with Crippen LogP contribution in [-0.4, -0.2) is 16.5 Å². The molecule has 3 aromatic rings. The molecule has 0 aliphatic carbocycles. The summed E-state index contributed by atoms with van der Waals surface area (Å²) in [6.07, 6.45) is 2.00. The van der Waals surface area contributed by atoms with Crippen LogP contribution in [0.2, 0.25) is 0 Å². The number of methoxy groups -OCH3 is 1. The number of rotatable bonds is 2. The molecule has 0 fully saturated rings. The van der Waals surface area contributed by atoms with E-state index < -0.39 is 0 Å². The zero-order valence-corrected chi connectivity index (χ0v) is 10.9. The Hall–Kier alpha value is -2.49. The predicted molar refractivity (Wildman–Crippen MR) is 76.3 cm³/mol. The summed E-state index contributed by atoms with van der Waals surface area (Å²) < 4.78 is 7.17. The number of anilines is 1. The molecule has 2 aromatic heterocycles. The van der Waals surface area contributed by atoms with Crippen LogP contribution in [0.5, 0.6) is 5.75 Å². The molecular formula is C15H15N3O. The van der Waals surface area contributed by atoms with Crippen LogP contribution in [0, 0.1) is 6.92 Å². The highest BCUT2D eigenvalue weighted by Crippen LogP contribution is 2.24. The van der Waals surface area contributed by atoms with Crippen LogP contribution in [0.4, 0.5) is 5.69 Å². The molecule has 0 unspecified atom stereocenters. The highest BCUT2D eigenvalue weighted by atomic mass is 16.5.